The summed E-state index contributed by atoms with van der Waals surface area (Å²) in [5, 5.41) is 0. The summed E-state index contributed by atoms with van der Waals surface area (Å²) in [6.45, 7) is 3.92. The van der Waals surface area contributed by atoms with Crippen molar-refractivity contribution in [3.05, 3.63) is 27.7 Å². The summed E-state index contributed by atoms with van der Waals surface area (Å²) in [5.41, 5.74) is 2.80. The molecule has 0 saturated heterocycles. The Kier molecular flexibility index (Phi) is 2.79. The zero-order chi connectivity index (χ0) is 9.14. The first-order valence-corrected chi connectivity index (χ1v) is 4.29. The monoisotopic (exact) mass is 225 g/mol. The smallest absolute Gasteiger partial charge is 0.211 e. The average molecular weight is 226 g/mol. The number of nitrogens with zero attached hydrogens (tertiary/aromatic N) is 1. The minimum atomic E-state index is 0.656. The van der Waals surface area contributed by atoms with E-state index >= 15 is 0 Å². The van der Waals surface area contributed by atoms with Crippen LogP contribution in [0.2, 0.25) is 0 Å². The van der Waals surface area contributed by atoms with Crippen LogP contribution in [0.1, 0.15) is 11.1 Å². The molecule has 0 amide bonds. The molecule has 62 valence electrons. The van der Waals surface area contributed by atoms with E-state index in [-0.39, 0.29) is 0 Å². The molecule has 0 fully saturated rings. The van der Waals surface area contributed by atoms with Crippen LogP contribution in [-0.2, 0) is 4.79 Å². The van der Waals surface area contributed by atoms with Crippen LogP contribution in [0, 0.1) is 13.8 Å². The van der Waals surface area contributed by atoms with Gasteiger partial charge in [0, 0.05) is 4.47 Å². The van der Waals surface area contributed by atoms with E-state index < -0.39 is 0 Å². The highest BCUT2D eigenvalue weighted by molar-refractivity contribution is 9.10. The Morgan fingerprint density at radius 3 is 2.25 bits per heavy atom. The SMILES string of the molecule is Cc1cc(N=C=O)cc(C)c1Br. The quantitative estimate of drug-likeness (QED) is 0.534. The first-order valence-electron chi connectivity index (χ1n) is 3.50. The van der Waals surface area contributed by atoms with E-state index in [9.17, 15) is 4.79 Å². The van der Waals surface area contributed by atoms with Crippen LogP contribution in [0.15, 0.2) is 21.6 Å². The van der Waals surface area contributed by atoms with Crippen molar-refractivity contribution in [1.29, 1.82) is 0 Å². The van der Waals surface area contributed by atoms with Gasteiger partial charge in [-0.1, -0.05) is 15.9 Å². The van der Waals surface area contributed by atoms with E-state index in [1.807, 2.05) is 26.0 Å². The molecular weight excluding hydrogens is 218 g/mol. The fourth-order valence-electron chi connectivity index (χ4n) is 1.04. The van der Waals surface area contributed by atoms with Gasteiger partial charge in [-0.3, -0.25) is 0 Å². The Morgan fingerprint density at radius 2 is 1.83 bits per heavy atom. The standard InChI is InChI=1S/C9H8BrNO/c1-6-3-8(11-5-12)4-7(2)9(6)10/h3-4H,1-2H3. The average Bonchev–Trinajstić information content (AvgIpc) is 2.01. The van der Waals surface area contributed by atoms with Crippen molar-refractivity contribution in [2.45, 2.75) is 13.8 Å². The number of hydrogen-bond acceptors (Lipinski definition) is 2. The molecule has 0 spiro atoms. The van der Waals surface area contributed by atoms with E-state index in [0.29, 0.717) is 5.69 Å². The van der Waals surface area contributed by atoms with Gasteiger partial charge in [-0.25, -0.2) is 4.79 Å². The first-order chi connectivity index (χ1) is 5.65. The number of isocyanates is 1. The Morgan fingerprint density at radius 1 is 1.33 bits per heavy atom. The van der Waals surface area contributed by atoms with Crippen molar-refractivity contribution >= 4 is 27.7 Å². The second-order valence-electron chi connectivity index (χ2n) is 2.60. The zero-order valence-corrected chi connectivity index (χ0v) is 8.47. The fourth-order valence-corrected chi connectivity index (χ4v) is 1.27. The summed E-state index contributed by atoms with van der Waals surface area (Å²) in [4.78, 5) is 13.5. The molecule has 0 radical (unpaired) electrons. The molecule has 0 atom stereocenters. The highest BCUT2D eigenvalue weighted by Crippen LogP contribution is 2.25. The predicted molar refractivity (Wildman–Crippen MR) is 51.4 cm³/mol. The first kappa shape index (κ1) is 9.17. The van der Waals surface area contributed by atoms with Gasteiger partial charge in [0.15, 0.2) is 0 Å². The van der Waals surface area contributed by atoms with Gasteiger partial charge in [0.1, 0.15) is 0 Å². The lowest BCUT2D eigenvalue weighted by Gasteiger charge is -2.02. The maximum absolute atomic E-state index is 9.98. The number of halogens is 1. The molecule has 0 aliphatic rings. The van der Waals surface area contributed by atoms with Gasteiger partial charge in [0.25, 0.3) is 0 Å². The van der Waals surface area contributed by atoms with Crippen molar-refractivity contribution < 1.29 is 4.79 Å². The van der Waals surface area contributed by atoms with Crippen LogP contribution in [0.25, 0.3) is 0 Å². The van der Waals surface area contributed by atoms with Gasteiger partial charge < -0.3 is 0 Å². The molecule has 0 aliphatic heterocycles. The minimum absolute atomic E-state index is 0.656. The summed E-state index contributed by atoms with van der Waals surface area (Å²) in [6.07, 6.45) is 1.52. The summed E-state index contributed by atoms with van der Waals surface area (Å²) in [7, 11) is 0. The molecule has 3 heteroatoms. The van der Waals surface area contributed by atoms with Gasteiger partial charge in [-0.2, -0.15) is 4.99 Å². The van der Waals surface area contributed by atoms with Crippen LogP contribution >= 0.6 is 15.9 Å². The fraction of sp³-hybridized carbons (Fsp3) is 0.222. The molecule has 0 bridgehead atoms. The maximum atomic E-state index is 9.98. The molecule has 0 unspecified atom stereocenters. The zero-order valence-electron chi connectivity index (χ0n) is 6.89. The lowest BCUT2D eigenvalue weighted by atomic mass is 10.1. The lowest BCUT2D eigenvalue weighted by molar-refractivity contribution is 0.565. The maximum Gasteiger partial charge on any atom is 0.240 e. The van der Waals surface area contributed by atoms with E-state index in [1.165, 1.54) is 6.08 Å². The molecule has 2 nitrogen and oxygen atoms in total. The van der Waals surface area contributed by atoms with Crippen molar-refractivity contribution in [1.82, 2.24) is 0 Å². The summed E-state index contributed by atoms with van der Waals surface area (Å²) in [6, 6.07) is 3.67. The molecule has 1 rings (SSSR count). The van der Waals surface area contributed by atoms with Crippen LogP contribution in [-0.4, -0.2) is 6.08 Å². The second-order valence-corrected chi connectivity index (χ2v) is 3.39. The van der Waals surface area contributed by atoms with Crippen LogP contribution in [0.4, 0.5) is 5.69 Å². The van der Waals surface area contributed by atoms with Gasteiger partial charge >= 0.3 is 0 Å². The van der Waals surface area contributed by atoms with Gasteiger partial charge in [-0.05, 0) is 37.1 Å². The Bertz CT molecular complexity index is 331. The van der Waals surface area contributed by atoms with Crippen LogP contribution in [0.3, 0.4) is 0 Å². The van der Waals surface area contributed by atoms with Crippen molar-refractivity contribution in [3.8, 4) is 0 Å². The number of aryl methyl sites for hydroxylation is 2. The minimum Gasteiger partial charge on any atom is -0.211 e. The van der Waals surface area contributed by atoms with Crippen LogP contribution in [0.5, 0.6) is 0 Å². The molecule has 0 saturated carbocycles. The number of benzene rings is 1. The number of carbonyl (C=O) groups excluding carboxylic acids is 1. The third-order valence-corrected chi connectivity index (χ3v) is 2.85. The Hall–Kier alpha value is -0.920. The predicted octanol–water partition coefficient (Wildman–Crippen LogP) is 3.03. The third kappa shape index (κ3) is 1.81. The Balaban J connectivity index is 3.30. The highest BCUT2D eigenvalue weighted by atomic mass is 79.9. The summed E-state index contributed by atoms with van der Waals surface area (Å²) < 4.78 is 1.06. The number of hydrogen-bond donors (Lipinski definition) is 0. The molecule has 0 aliphatic carbocycles. The van der Waals surface area contributed by atoms with Gasteiger partial charge in [-0.15, -0.1) is 0 Å². The van der Waals surface area contributed by atoms with E-state index in [2.05, 4.69) is 20.9 Å². The third-order valence-electron chi connectivity index (χ3n) is 1.60. The molecule has 12 heavy (non-hydrogen) atoms. The number of rotatable bonds is 1. The van der Waals surface area contributed by atoms with Crippen molar-refractivity contribution in [2.24, 2.45) is 4.99 Å². The van der Waals surface area contributed by atoms with E-state index in [4.69, 9.17) is 0 Å². The van der Waals surface area contributed by atoms with Gasteiger partial charge in [0.2, 0.25) is 6.08 Å². The lowest BCUT2D eigenvalue weighted by Crippen LogP contribution is -1.80. The van der Waals surface area contributed by atoms with Crippen LogP contribution < -0.4 is 0 Å². The summed E-state index contributed by atoms with van der Waals surface area (Å²) in [5.74, 6) is 0. The van der Waals surface area contributed by atoms with Crippen molar-refractivity contribution in [2.75, 3.05) is 0 Å². The molecule has 1 aromatic carbocycles. The van der Waals surface area contributed by atoms with E-state index in [1.54, 1.807) is 0 Å². The topological polar surface area (TPSA) is 29.4 Å². The molecular formula is C9H8BrNO. The Labute approximate surface area is 79.5 Å². The van der Waals surface area contributed by atoms with E-state index in [0.717, 1.165) is 15.6 Å². The summed E-state index contributed by atoms with van der Waals surface area (Å²) >= 11 is 3.42. The normalized spacial score (nSPS) is 9.25. The second kappa shape index (κ2) is 3.65. The molecule has 1 aromatic rings. The largest absolute Gasteiger partial charge is 0.240 e. The van der Waals surface area contributed by atoms with Gasteiger partial charge in [0.05, 0.1) is 5.69 Å². The number of aliphatic imine (C=N–C) groups is 1. The molecule has 0 heterocycles. The molecule has 0 N–H and O–H groups in total. The molecule has 0 aromatic heterocycles. The highest BCUT2D eigenvalue weighted by Gasteiger charge is 2.00. The van der Waals surface area contributed by atoms with Crippen molar-refractivity contribution in [3.63, 3.8) is 0 Å².